The summed E-state index contributed by atoms with van der Waals surface area (Å²) in [6.45, 7) is 0.343. The van der Waals surface area contributed by atoms with Gasteiger partial charge in [-0.1, -0.05) is 35.4 Å². The second-order valence-electron chi connectivity index (χ2n) is 3.87. The molecule has 2 rings (SSSR count). The van der Waals surface area contributed by atoms with Crippen molar-refractivity contribution in [1.29, 1.82) is 0 Å². The van der Waals surface area contributed by atoms with E-state index in [1.54, 1.807) is 36.6 Å². The number of hydrogen-bond donors (Lipinski definition) is 2. The molecule has 4 nitrogen and oxygen atoms in total. The molecule has 0 aliphatic rings. The fraction of sp³-hybridized carbons (Fsp3) is 0.0769. The number of benzene rings is 1. The van der Waals surface area contributed by atoms with Crippen LogP contribution in [0.4, 0.5) is 5.69 Å². The van der Waals surface area contributed by atoms with E-state index in [-0.39, 0.29) is 4.99 Å². The Kier molecular flexibility index (Phi) is 5.00. The summed E-state index contributed by atoms with van der Waals surface area (Å²) < 4.78 is 5.12. The maximum absolute atomic E-state index is 11.9. The van der Waals surface area contributed by atoms with Crippen LogP contribution >= 0.6 is 35.4 Å². The van der Waals surface area contributed by atoms with Crippen molar-refractivity contribution in [2.75, 3.05) is 5.32 Å². The highest BCUT2D eigenvalue weighted by Gasteiger charge is 2.10. The van der Waals surface area contributed by atoms with Crippen LogP contribution in [0.2, 0.25) is 10.0 Å². The summed E-state index contributed by atoms with van der Waals surface area (Å²) in [6, 6.07) is 8.28. The Bertz CT molecular complexity index is 609. The minimum atomic E-state index is -0.440. The van der Waals surface area contributed by atoms with Crippen LogP contribution < -0.4 is 10.6 Å². The highest BCUT2D eigenvalue weighted by atomic mass is 35.5. The molecule has 2 aromatic rings. The van der Waals surface area contributed by atoms with Crippen LogP contribution in [0, 0.1) is 0 Å². The molecule has 1 aromatic carbocycles. The van der Waals surface area contributed by atoms with E-state index in [0.29, 0.717) is 28.0 Å². The zero-order chi connectivity index (χ0) is 14.5. The van der Waals surface area contributed by atoms with E-state index in [0.717, 1.165) is 0 Å². The predicted octanol–water partition coefficient (Wildman–Crippen LogP) is 3.64. The number of hydrogen-bond acceptors (Lipinski definition) is 3. The smallest absolute Gasteiger partial charge is 0.283 e. The zero-order valence-electron chi connectivity index (χ0n) is 10.2. The lowest BCUT2D eigenvalue weighted by Crippen LogP contribution is -2.33. The largest absolute Gasteiger partial charge is 0.467 e. The molecule has 1 aromatic heterocycles. The summed E-state index contributed by atoms with van der Waals surface area (Å²) >= 11 is 16.7. The van der Waals surface area contributed by atoms with E-state index in [4.69, 9.17) is 39.8 Å². The number of carbonyl (C=O) groups is 1. The predicted molar refractivity (Wildman–Crippen MR) is 83.2 cm³/mol. The molecule has 0 aliphatic heterocycles. The van der Waals surface area contributed by atoms with Gasteiger partial charge >= 0.3 is 0 Å². The van der Waals surface area contributed by atoms with Crippen molar-refractivity contribution in [3.63, 3.8) is 0 Å². The van der Waals surface area contributed by atoms with Crippen LogP contribution in [0.5, 0.6) is 0 Å². The Morgan fingerprint density at radius 1 is 1.25 bits per heavy atom. The van der Waals surface area contributed by atoms with Gasteiger partial charge in [-0.25, -0.2) is 0 Å². The molecule has 0 bridgehead atoms. The van der Waals surface area contributed by atoms with E-state index in [1.807, 2.05) is 0 Å². The SMILES string of the molecule is O=C(Nc1cc(Cl)cc(Cl)c1)C(=S)NCc1ccco1. The molecule has 0 spiro atoms. The number of rotatable bonds is 3. The molecule has 0 aliphatic carbocycles. The first kappa shape index (κ1) is 14.8. The first-order valence-corrected chi connectivity index (χ1v) is 6.78. The molecule has 0 fully saturated rings. The second kappa shape index (κ2) is 6.74. The average molecular weight is 329 g/mol. The zero-order valence-corrected chi connectivity index (χ0v) is 12.5. The van der Waals surface area contributed by atoms with Gasteiger partial charge in [0.2, 0.25) is 0 Å². The Balaban J connectivity index is 1.92. The van der Waals surface area contributed by atoms with E-state index in [2.05, 4.69) is 10.6 Å². The number of nitrogens with one attached hydrogen (secondary N) is 2. The van der Waals surface area contributed by atoms with E-state index >= 15 is 0 Å². The number of thiocarbonyl (C=S) groups is 1. The number of anilines is 1. The fourth-order valence-corrected chi connectivity index (χ4v) is 2.12. The minimum absolute atomic E-state index is 0.0532. The van der Waals surface area contributed by atoms with Crippen LogP contribution in [-0.4, -0.2) is 10.9 Å². The Morgan fingerprint density at radius 2 is 1.95 bits per heavy atom. The van der Waals surface area contributed by atoms with Gasteiger partial charge in [-0.2, -0.15) is 0 Å². The molecule has 0 atom stereocenters. The van der Waals surface area contributed by atoms with E-state index in [9.17, 15) is 4.79 Å². The van der Waals surface area contributed by atoms with Crippen LogP contribution in [0.1, 0.15) is 5.76 Å². The van der Waals surface area contributed by atoms with E-state index < -0.39 is 5.91 Å². The third-order valence-corrected chi connectivity index (χ3v) is 3.10. The van der Waals surface area contributed by atoms with Gasteiger partial charge in [0.1, 0.15) is 5.76 Å². The maximum atomic E-state index is 11.9. The third-order valence-electron chi connectivity index (χ3n) is 2.33. The Labute approximate surface area is 131 Å². The fourth-order valence-electron chi connectivity index (χ4n) is 1.47. The third kappa shape index (κ3) is 4.23. The molecular weight excluding hydrogens is 319 g/mol. The number of furan rings is 1. The van der Waals surface area contributed by atoms with Crippen molar-refractivity contribution in [1.82, 2.24) is 5.32 Å². The van der Waals surface area contributed by atoms with Gasteiger partial charge in [0.25, 0.3) is 5.91 Å². The summed E-state index contributed by atoms with van der Waals surface area (Å²) in [5.41, 5.74) is 0.481. The van der Waals surface area contributed by atoms with Crippen molar-refractivity contribution in [3.8, 4) is 0 Å². The summed E-state index contributed by atoms with van der Waals surface area (Å²) in [4.78, 5) is 11.9. The van der Waals surface area contributed by atoms with Crippen LogP contribution in [-0.2, 0) is 11.3 Å². The normalized spacial score (nSPS) is 10.1. The van der Waals surface area contributed by atoms with Crippen molar-refractivity contribution in [2.45, 2.75) is 6.54 Å². The number of amides is 1. The lowest BCUT2D eigenvalue weighted by molar-refractivity contribution is -0.110. The quantitative estimate of drug-likeness (QED) is 0.844. The lowest BCUT2D eigenvalue weighted by atomic mass is 10.3. The average Bonchev–Trinajstić information content (AvgIpc) is 2.87. The highest BCUT2D eigenvalue weighted by molar-refractivity contribution is 7.82. The molecule has 0 radical (unpaired) electrons. The molecule has 2 N–H and O–H groups in total. The van der Waals surface area contributed by atoms with Gasteiger partial charge in [-0.3, -0.25) is 4.79 Å². The summed E-state index contributed by atoms with van der Waals surface area (Å²) in [6.07, 6.45) is 1.55. The minimum Gasteiger partial charge on any atom is -0.467 e. The van der Waals surface area contributed by atoms with Gasteiger partial charge in [-0.15, -0.1) is 0 Å². The van der Waals surface area contributed by atoms with Crippen molar-refractivity contribution in [3.05, 3.63) is 52.4 Å². The molecule has 20 heavy (non-hydrogen) atoms. The standard InChI is InChI=1S/C13H10Cl2N2O2S/c14-8-4-9(15)6-10(5-8)17-12(18)13(20)16-7-11-2-1-3-19-11/h1-6H,7H2,(H,16,20)(H,17,18). The van der Waals surface area contributed by atoms with Gasteiger partial charge in [0.05, 0.1) is 12.8 Å². The monoisotopic (exact) mass is 328 g/mol. The first-order valence-electron chi connectivity index (χ1n) is 5.62. The van der Waals surface area contributed by atoms with Gasteiger partial charge in [-0.05, 0) is 30.3 Å². The molecule has 104 valence electrons. The maximum Gasteiger partial charge on any atom is 0.283 e. The lowest BCUT2D eigenvalue weighted by Gasteiger charge is -2.08. The van der Waals surface area contributed by atoms with Crippen molar-refractivity contribution < 1.29 is 9.21 Å². The summed E-state index contributed by atoms with van der Waals surface area (Å²) in [5.74, 6) is 0.246. The Hall–Kier alpha value is -1.56. The van der Waals surface area contributed by atoms with Gasteiger partial charge in [0.15, 0.2) is 4.99 Å². The summed E-state index contributed by atoms with van der Waals surface area (Å²) in [7, 11) is 0. The molecule has 0 unspecified atom stereocenters. The summed E-state index contributed by atoms with van der Waals surface area (Å²) in [5, 5.41) is 6.27. The Morgan fingerprint density at radius 3 is 2.55 bits per heavy atom. The molecular formula is C13H10Cl2N2O2S. The molecule has 1 heterocycles. The van der Waals surface area contributed by atoms with Crippen molar-refractivity contribution >= 4 is 52.0 Å². The highest BCUT2D eigenvalue weighted by Crippen LogP contribution is 2.22. The topological polar surface area (TPSA) is 54.3 Å². The number of halogens is 2. The van der Waals surface area contributed by atoms with Gasteiger partial charge in [0, 0.05) is 15.7 Å². The van der Waals surface area contributed by atoms with Crippen LogP contribution in [0.3, 0.4) is 0 Å². The molecule has 0 saturated heterocycles. The number of carbonyl (C=O) groups excluding carboxylic acids is 1. The van der Waals surface area contributed by atoms with Crippen LogP contribution in [0.25, 0.3) is 0 Å². The van der Waals surface area contributed by atoms with Crippen LogP contribution in [0.15, 0.2) is 41.0 Å². The molecule has 7 heteroatoms. The van der Waals surface area contributed by atoms with E-state index in [1.165, 1.54) is 0 Å². The van der Waals surface area contributed by atoms with Gasteiger partial charge < -0.3 is 15.1 Å². The molecule has 0 saturated carbocycles. The first-order chi connectivity index (χ1) is 9.54. The second-order valence-corrected chi connectivity index (χ2v) is 5.16. The molecule has 1 amide bonds. The van der Waals surface area contributed by atoms with Crippen molar-refractivity contribution in [2.24, 2.45) is 0 Å².